The van der Waals surface area contributed by atoms with Gasteiger partial charge in [-0.15, -0.1) is 0 Å². The molecule has 0 amide bonds. The van der Waals surface area contributed by atoms with Gasteiger partial charge in [-0.05, 0) is 43.5 Å². The second kappa shape index (κ2) is 7.03. The average Bonchev–Trinajstić information content (AvgIpc) is 2.69. The van der Waals surface area contributed by atoms with Crippen molar-refractivity contribution in [1.29, 1.82) is 0 Å². The van der Waals surface area contributed by atoms with Crippen LogP contribution in [0.3, 0.4) is 0 Å². The first-order valence-electron chi connectivity index (χ1n) is 8.73. The summed E-state index contributed by atoms with van der Waals surface area (Å²) in [5.41, 5.74) is 2.93. The molecular formula is C20H18N4O3. The molecule has 7 heteroatoms. The molecule has 0 saturated heterocycles. The van der Waals surface area contributed by atoms with Gasteiger partial charge in [-0.3, -0.25) is 10.1 Å². The summed E-state index contributed by atoms with van der Waals surface area (Å²) in [6.45, 7) is 2.61. The van der Waals surface area contributed by atoms with E-state index < -0.39 is 4.92 Å². The Hall–Kier alpha value is -3.48. The highest BCUT2D eigenvalue weighted by atomic mass is 16.6. The van der Waals surface area contributed by atoms with Gasteiger partial charge in [0, 0.05) is 12.2 Å². The maximum Gasteiger partial charge on any atom is 0.373 e. The molecule has 0 atom stereocenters. The average molecular weight is 362 g/mol. The summed E-state index contributed by atoms with van der Waals surface area (Å²) in [7, 11) is 0. The van der Waals surface area contributed by atoms with Crippen molar-refractivity contribution in [3.05, 3.63) is 76.1 Å². The molecule has 1 aromatic heterocycles. The number of fused-ring (bicyclic) bond motifs is 1. The largest absolute Gasteiger partial charge is 0.434 e. The van der Waals surface area contributed by atoms with Gasteiger partial charge in [0.05, 0.1) is 4.92 Å². The lowest BCUT2D eigenvalue weighted by atomic mass is 10.0. The number of aromatic nitrogens is 2. The van der Waals surface area contributed by atoms with Gasteiger partial charge in [0.1, 0.15) is 12.1 Å². The Kier molecular flexibility index (Phi) is 4.42. The van der Waals surface area contributed by atoms with Gasteiger partial charge in [-0.2, -0.15) is 4.98 Å². The Bertz CT molecular complexity index is 989. The molecule has 136 valence electrons. The molecule has 0 unspecified atom stereocenters. The third kappa shape index (κ3) is 3.31. The van der Waals surface area contributed by atoms with Crippen LogP contribution < -0.4 is 9.64 Å². The van der Waals surface area contributed by atoms with Crippen LogP contribution in [0.2, 0.25) is 0 Å². The van der Waals surface area contributed by atoms with E-state index in [1.807, 2.05) is 48.2 Å². The Morgan fingerprint density at radius 1 is 1.11 bits per heavy atom. The number of rotatable bonds is 4. The molecule has 0 fully saturated rings. The minimum Gasteiger partial charge on any atom is -0.434 e. The zero-order valence-electron chi connectivity index (χ0n) is 14.8. The highest BCUT2D eigenvalue weighted by Crippen LogP contribution is 2.41. The minimum atomic E-state index is -0.476. The zero-order valence-corrected chi connectivity index (χ0v) is 14.8. The maximum atomic E-state index is 11.9. The molecular weight excluding hydrogens is 344 g/mol. The first-order valence-corrected chi connectivity index (χ1v) is 8.73. The van der Waals surface area contributed by atoms with E-state index in [2.05, 4.69) is 9.97 Å². The Morgan fingerprint density at radius 2 is 1.89 bits per heavy atom. The van der Waals surface area contributed by atoms with E-state index in [0.29, 0.717) is 12.3 Å². The number of anilines is 2. The fraction of sp³-hybridized carbons (Fsp3) is 0.200. The van der Waals surface area contributed by atoms with E-state index in [4.69, 9.17) is 4.74 Å². The quantitative estimate of drug-likeness (QED) is 0.499. The summed E-state index contributed by atoms with van der Waals surface area (Å²) in [6, 6.07) is 15.2. The molecule has 7 nitrogen and oxygen atoms in total. The van der Waals surface area contributed by atoms with Gasteiger partial charge in [0.2, 0.25) is 5.82 Å². The smallest absolute Gasteiger partial charge is 0.373 e. The summed E-state index contributed by atoms with van der Waals surface area (Å²) in [5, 5.41) is 11.9. The van der Waals surface area contributed by atoms with E-state index in [1.54, 1.807) is 12.1 Å². The van der Waals surface area contributed by atoms with Crippen molar-refractivity contribution in [2.75, 3.05) is 11.4 Å². The molecule has 27 heavy (non-hydrogen) atoms. The van der Waals surface area contributed by atoms with Gasteiger partial charge >= 0.3 is 11.6 Å². The first kappa shape index (κ1) is 17.0. The number of benzene rings is 2. The number of nitrogens with zero attached hydrogens (tertiary/aromatic N) is 4. The second-order valence-electron chi connectivity index (χ2n) is 6.41. The normalized spacial score (nSPS) is 13.1. The number of aryl methyl sites for hydroxylation is 2. The molecule has 4 rings (SSSR count). The molecule has 0 saturated carbocycles. The van der Waals surface area contributed by atoms with Crippen LogP contribution in [0.1, 0.15) is 17.5 Å². The van der Waals surface area contributed by atoms with Crippen LogP contribution in [0.5, 0.6) is 11.6 Å². The highest BCUT2D eigenvalue weighted by molar-refractivity contribution is 5.73. The van der Waals surface area contributed by atoms with E-state index in [0.717, 1.165) is 29.7 Å². The highest BCUT2D eigenvalue weighted by Gasteiger charge is 2.31. The lowest BCUT2D eigenvalue weighted by Gasteiger charge is -2.29. The molecule has 2 aromatic carbocycles. The predicted molar refractivity (Wildman–Crippen MR) is 102 cm³/mol. The van der Waals surface area contributed by atoms with E-state index in [1.165, 1.54) is 6.33 Å². The molecule has 3 aromatic rings. The summed E-state index contributed by atoms with van der Waals surface area (Å²) >= 11 is 0. The number of ether oxygens (including phenoxy) is 1. The van der Waals surface area contributed by atoms with Crippen LogP contribution >= 0.6 is 0 Å². The van der Waals surface area contributed by atoms with E-state index in [9.17, 15) is 10.1 Å². The fourth-order valence-corrected chi connectivity index (χ4v) is 3.26. The van der Waals surface area contributed by atoms with Crippen LogP contribution in [0.15, 0.2) is 54.9 Å². The van der Waals surface area contributed by atoms with Crippen molar-refractivity contribution < 1.29 is 9.66 Å². The SMILES string of the molecule is Cc1ccc(Oc2ncnc(N3CCCc4ccccc43)c2[N+](=O)[O-])cc1. The first-order chi connectivity index (χ1) is 13.1. The predicted octanol–water partition coefficient (Wildman–Crippen LogP) is 4.57. The van der Waals surface area contributed by atoms with Crippen LogP contribution in [0.4, 0.5) is 17.2 Å². The molecule has 1 aliphatic heterocycles. The molecule has 0 radical (unpaired) electrons. The molecule has 2 heterocycles. The molecule has 0 aliphatic carbocycles. The van der Waals surface area contributed by atoms with Gasteiger partial charge < -0.3 is 9.64 Å². The summed E-state index contributed by atoms with van der Waals surface area (Å²) in [4.78, 5) is 21.5. The van der Waals surface area contributed by atoms with E-state index >= 15 is 0 Å². The van der Waals surface area contributed by atoms with Crippen molar-refractivity contribution in [2.45, 2.75) is 19.8 Å². The number of hydrogen-bond acceptors (Lipinski definition) is 6. The standard InChI is InChI=1S/C20H18N4O3/c1-14-8-10-16(11-9-14)27-20-18(24(25)26)19(21-13-22-20)23-12-4-6-15-5-2-3-7-17(15)23/h2-3,5,7-11,13H,4,6,12H2,1H3. The Morgan fingerprint density at radius 3 is 2.67 bits per heavy atom. The summed E-state index contributed by atoms with van der Waals surface area (Å²) in [6.07, 6.45) is 3.15. The zero-order chi connectivity index (χ0) is 18.8. The van der Waals surface area contributed by atoms with Crippen molar-refractivity contribution in [2.24, 2.45) is 0 Å². The molecule has 0 spiro atoms. The summed E-state index contributed by atoms with van der Waals surface area (Å²) < 4.78 is 5.73. The van der Waals surface area contributed by atoms with Crippen molar-refractivity contribution in [3.8, 4) is 11.6 Å². The van der Waals surface area contributed by atoms with E-state index in [-0.39, 0.29) is 17.4 Å². The summed E-state index contributed by atoms with van der Waals surface area (Å²) in [5.74, 6) is 0.688. The van der Waals surface area contributed by atoms with Gasteiger partial charge in [-0.1, -0.05) is 35.9 Å². The second-order valence-corrected chi connectivity index (χ2v) is 6.41. The van der Waals surface area contributed by atoms with Crippen LogP contribution in [0, 0.1) is 17.0 Å². The van der Waals surface area contributed by atoms with Gasteiger partial charge in [0.15, 0.2) is 0 Å². The topological polar surface area (TPSA) is 81.4 Å². The minimum absolute atomic E-state index is 0.0584. The Balaban J connectivity index is 1.78. The lowest BCUT2D eigenvalue weighted by molar-refractivity contribution is -0.385. The van der Waals surface area contributed by atoms with Crippen LogP contribution in [-0.4, -0.2) is 21.4 Å². The number of hydrogen-bond donors (Lipinski definition) is 0. The maximum absolute atomic E-state index is 11.9. The molecule has 1 aliphatic rings. The number of nitro groups is 1. The van der Waals surface area contributed by atoms with Gasteiger partial charge in [0.25, 0.3) is 0 Å². The third-order valence-corrected chi connectivity index (χ3v) is 4.55. The fourth-order valence-electron chi connectivity index (χ4n) is 3.26. The van der Waals surface area contributed by atoms with Crippen LogP contribution in [0.25, 0.3) is 0 Å². The lowest BCUT2D eigenvalue weighted by Crippen LogP contribution is -2.26. The van der Waals surface area contributed by atoms with Crippen molar-refractivity contribution >= 4 is 17.2 Å². The van der Waals surface area contributed by atoms with Crippen molar-refractivity contribution in [1.82, 2.24) is 9.97 Å². The van der Waals surface area contributed by atoms with Gasteiger partial charge in [-0.25, -0.2) is 4.98 Å². The Labute approximate surface area is 156 Å². The van der Waals surface area contributed by atoms with Crippen LogP contribution in [-0.2, 0) is 6.42 Å². The number of para-hydroxylation sites is 1. The third-order valence-electron chi connectivity index (χ3n) is 4.55. The molecule has 0 N–H and O–H groups in total. The monoisotopic (exact) mass is 362 g/mol. The molecule has 0 bridgehead atoms. The van der Waals surface area contributed by atoms with Crippen molar-refractivity contribution in [3.63, 3.8) is 0 Å².